The van der Waals surface area contributed by atoms with Gasteiger partial charge in [-0.1, -0.05) is 45.4 Å². The fraction of sp³-hybridized carbons (Fsp3) is 1.00. The molecule has 2 N–H and O–H groups in total. The van der Waals surface area contributed by atoms with E-state index in [0.29, 0.717) is 13.0 Å². The van der Waals surface area contributed by atoms with Gasteiger partial charge in [-0.25, -0.2) is 0 Å². The summed E-state index contributed by atoms with van der Waals surface area (Å²) < 4.78 is 5.31. The summed E-state index contributed by atoms with van der Waals surface area (Å²) in [7, 11) is 0. The van der Waals surface area contributed by atoms with E-state index in [1.807, 2.05) is 0 Å². The quantitative estimate of drug-likeness (QED) is 0.508. The van der Waals surface area contributed by atoms with Gasteiger partial charge in [0, 0.05) is 13.2 Å². The van der Waals surface area contributed by atoms with Crippen LogP contribution in [0.4, 0.5) is 0 Å². The molecule has 0 aliphatic rings. The predicted octanol–water partition coefficient (Wildman–Crippen LogP) is 2.50. The third kappa shape index (κ3) is 12.0. The highest BCUT2D eigenvalue weighted by Gasteiger charge is 2.02. The van der Waals surface area contributed by atoms with Gasteiger partial charge in [-0.2, -0.15) is 0 Å². The molecule has 0 aromatic rings. The number of unbranched alkanes of at least 4 members (excludes halogenated alkanes) is 6. The molecule has 0 saturated heterocycles. The normalized spacial score (nSPS) is 12.9. The first kappa shape index (κ1) is 15.9. The summed E-state index contributed by atoms with van der Waals surface area (Å²) in [5, 5.41) is 17.8. The molecule has 1 unspecified atom stereocenters. The molecule has 0 bridgehead atoms. The monoisotopic (exact) mass is 232 g/mol. The lowest BCUT2D eigenvalue weighted by Crippen LogP contribution is -2.17. The van der Waals surface area contributed by atoms with E-state index in [2.05, 4.69) is 6.92 Å². The first-order valence-corrected chi connectivity index (χ1v) is 6.68. The molecule has 0 aliphatic carbocycles. The highest BCUT2D eigenvalue weighted by Crippen LogP contribution is 2.06. The Morgan fingerprint density at radius 3 is 2.25 bits per heavy atom. The second-order valence-corrected chi connectivity index (χ2v) is 4.36. The summed E-state index contributed by atoms with van der Waals surface area (Å²) in [6.07, 6.45) is 8.84. The summed E-state index contributed by atoms with van der Waals surface area (Å²) in [4.78, 5) is 0. The molecular formula is C13H28O3. The molecule has 0 radical (unpaired) electrons. The minimum atomic E-state index is -0.505. The van der Waals surface area contributed by atoms with Crippen LogP contribution in [0.5, 0.6) is 0 Å². The molecule has 1 atom stereocenters. The van der Waals surface area contributed by atoms with Gasteiger partial charge in [0.2, 0.25) is 0 Å². The largest absolute Gasteiger partial charge is 0.396 e. The lowest BCUT2D eigenvalue weighted by Gasteiger charge is -2.09. The van der Waals surface area contributed by atoms with Crippen LogP contribution in [0.15, 0.2) is 0 Å². The molecule has 0 aromatic heterocycles. The van der Waals surface area contributed by atoms with Crippen molar-refractivity contribution in [3.8, 4) is 0 Å². The van der Waals surface area contributed by atoms with Crippen molar-refractivity contribution < 1.29 is 14.9 Å². The zero-order valence-electron chi connectivity index (χ0n) is 10.7. The fourth-order valence-electron chi connectivity index (χ4n) is 1.61. The van der Waals surface area contributed by atoms with E-state index >= 15 is 0 Å². The summed E-state index contributed by atoms with van der Waals surface area (Å²) >= 11 is 0. The van der Waals surface area contributed by atoms with Crippen LogP contribution >= 0.6 is 0 Å². The highest BCUT2D eigenvalue weighted by molar-refractivity contribution is 4.52. The molecule has 0 heterocycles. The molecule has 0 amide bonds. The highest BCUT2D eigenvalue weighted by atomic mass is 16.5. The number of rotatable bonds is 12. The Balaban J connectivity index is 2.98. The van der Waals surface area contributed by atoms with Crippen LogP contribution in [-0.2, 0) is 4.74 Å². The Kier molecular flexibility index (Phi) is 12.9. The number of hydrogen-bond acceptors (Lipinski definition) is 3. The third-order valence-corrected chi connectivity index (χ3v) is 2.66. The summed E-state index contributed by atoms with van der Waals surface area (Å²) in [5.74, 6) is 0. The van der Waals surface area contributed by atoms with E-state index in [9.17, 15) is 5.11 Å². The Morgan fingerprint density at radius 2 is 1.62 bits per heavy atom. The molecule has 16 heavy (non-hydrogen) atoms. The van der Waals surface area contributed by atoms with Crippen molar-refractivity contribution in [2.75, 3.05) is 19.8 Å². The maximum absolute atomic E-state index is 9.26. The number of aliphatic hydroxyl groups excluding tert-OH is 2. The van der Waals surface area contributed by atoms with Crippen molar-refractivity contribution in [3.63, 3.8) is 0 Å². The van der Waals surface area contributed by atoms with Crippen LogP contribution in [0.3, 0.4) is 0 Å². The Bertz CT molecular complexity index is 128. The molecule has 98 valence electrons. The van der Waals surface area contributed by atoms with Crippen molar-refractivity contribution in [2.24, 2.45) is 0 Å². The molecule has 0 aromatic carbocycles. The van der Waals surface area contributed by atoms with Crippen LogP contribution in [0.25, 0.3) is 0 Å². The van der Waals surface area contributed by atoms with E-state index in [-0.39, 0.29) is 6.61 Å². The lowest BCUT2D eigenvalue weighted by atomic mass is 10.1. The van der Waals surface area contributed by atoms with E-state index in [0.717, 1.165) is 13.0 Å². The van der Waals surface area contributed by atoms with Crippen LogP contribution in [-0.4, -0.2) is 36.1 Å². The summed E-state index contributed by atoms with van der Waals surface area (Å²) in [6, 6.07) is 0. The molecule has 3 heteroatoms. The van der Waals surface area contributed by atoms with Gasteiger partial charge in [0.05, 0.1) is 12.7 Å². The second-order valence-electron chi connectivity index (χ2n) is 4.36. The van der Waals surface area contributed by atoms with Gasteiger partial charge in [0.1, 0.15) is 0 Å². The van der Waals surface area contributed by atoms with Crippen LogP contribution in [0, 0.1) is 0 Å². The maximum Gasteiger partial charge on any atom is 0.0795 e. The second kappa shape index (κ2) is 12.9. The molecule has 3 nitrogen and oxygen atoms in total. The molecule has 0 rings (SSSR count). The number of ether oxygens (including phenoxy) is 1. The van der Waals surface area contributed by atoms with Crippen molar-refractivity contribution in [1.82, 2.24) is 0 Å². The maximum atomic E-state index is 9.26. The van der Waals surface area contributed by atoms with Gasteiger partial charge in [-0.15, -0.1) is 0 Å². The molecule has 0 saturated carbocycles. The van der Waals surface area contributed by atoms with Crippen molar-refractivity contribution in [3.05, 3.63) is 0 Å². The van der Waals surface area contributed by atoms with E-state index in [4.69, 9.17) is 9.84 Å². The van der Waals surface area contributed by atoms with Gasteiger partial charge < -0.3 is 14.9 Å². The number of hydrogen-bond donors (Lipinski definition) is 2. The van der Waals surface area contributed by atoms with Crippen molar-refractivity contribution in [2.45, 2.75) is 64.4 Å². The van der Waals surface area contributed by atoms with E-state index in [1.165, 1.54) is 38.5 Å². The molecular weight excluding hydrogens is 204 g/mol. The smallest absolute Gasteiger partial charge is 0.0795 e. The van der Waals surface area contributed by atoms with Crippen molar-refractivity contribution >= 4 is 0 Å². The number of aliphatic hydroxyl groups is 2. The third-order valence-electron chi connectivity index (χ3n) is 2.66. The Hall–Kier alpha value is -0.120. The van der Waals surface area contributed by atoms with Gasteiger partial charge in [-0.3, -0.25) is 0 Å². The SMILES string of the molecule is CCCCCCCCCOCC(O)CCO. The molecule has 0 aliphatic heterocycles. The first-order chi connectivity index (χ1) is 7.81. The predicted molar refractivity (Wildman–Crippen MR) is 66.5 cm³/mol. The van der Waals surface area contributed by atoms with Gasteiger partial charge in [-0.05, 0) is 12.8 Å². The molecule has 0 spiro atoms. The van der Waals surface area contributed by atoms with Crippen LogP contribution in [0.1, 0.15) is 58.3 Å². The summed E-state index contributed by atoms with van der Waals surface area (Å²) in [6.45, 7) is 3.35. The Labute approximate surface area is 99.8 Å². The lowest BCUT2D eigenvalue weighted by molar-refractivity contribution is 0.0228. The average molecular weight is 232 g/mol. The van der Waals surface area contributed by atoms with Gasteiger partial charge >= 0.3 is 0 Å². The average Bonchev–Trinajstić information content (AvgIpc) is 2.27. The topological polar surface area (TPSA) is 49.7 Å². The summed E-state index contributed by atoms with van der Waals surface area (Å²) in [5.41, 5.74) is 0. The molecule has 0 fully saturated rings. The van der Waals surface area contributed by atoms with E-state index in [1.54, 1.807) is 0 Å². The minimum Gasteiger partial charge on any atom is -0.396 e. The van der Waals surface area contributed by atoms with Crippen LogP contribution in [0.2, 0.25) is 0 Å². The fourth-order valence-corrected chi connectivity index (χ4v) is 1.61. The minimum absolute atomic E-state index is 0.0297. The Morgan fingerprint density at radius 1 is 1.00 bits per heavy atom. The first-order valence-electron chi connectivity index (χ1n) is 6.68. The zero-order chi connectivity index (χ0) is 12.1. The van der Waals surface area contributed by atoms with Crippen LogP contribution < -0.4 is 0 Å². The zero-order valence-corrected chi connectivity index (χ0v) is 10.7. The van der Waals surface area contributed by atoms with Crippen molar-refractivity contribution in [1.29, 1.82) is 0 Å². The van der Waals surface area contributed by atoms with E-state index < -0.39 is 6.10 Å². The van der Waals surface area contributed by atoms with Gasteiger partial charge in [0.15, 0.2) is 0 Å². The van der Waals surface area contributed by atoms with Gasteiger partial charge in [0.25, 0.3) is 0 Å². The standard InChI is InChI=1S/C13H28O3/c1-2-3-4-5-6-7-8-11-16-12-13(15)9-10-14/h13-15H,2-12H2,1H3.